The zero-order chi connectivity index (χ0) is 33.0. The molecule has 0 unspecified atom stereocenters. The van der Waals surface area contributed by atoms with Crippen LogP contribution in [0.15, 0.2) is 65.1 Å². The van der Waals surface area contributed by atoms with Crippen molar-refractivity contribution < 1.29 is 27.9 Å². The minimum atomic E-state index is -1.19. The first-order valence-corrected chi connectivity index (χ1v) is 15.8. The number of fused-ring (bicyclic) bond motifs is 2. The molecule has 1 fully saturated rings. The molecule has 0 bridgehead atoms. The number of carbonyl (C=O) groups is 2. The molecule has 240 valence electrons. The van der Waals surface area contributed by atoms with Crippen LogP contribution in [-0.4, -0.2) is 41.0 Å². The molecule has 3 aromatic carbocycles. The second-order valence-electron chi connectivity index (χ2n) is 12.0. The van der Waals surface area contributed by atoms with Gasteiger partial charge in [-0.3, -0.25) is 9.59 Å². The highest BCUT2D eigenvalue weighted by Crippen LogP contribution is 2.48. The summed E-state index contributed by atoms with van der Waals surface area (Å²) in [7, 11) is 0. The van der Waals surface area contributed by atoms with Gasteiger partial charge in [-0.1, -0.05) is 53.5 Å². The lowest BCUT2D eigenvalue weighted by molar-refractivity contribution is -0.123. The highest BCUT2D eigenvalue weighted by atomic mass is 35.5. The topological polar surface area (TPSA) is 130 Å². The monoisotopic (exact) mass is 674 g/mol. The zero-order valence-corrected chi connectivity index (χ0v) is 26.9. The van der Waals surface area contributed by atoms with Crippen molar-refractivity contribution in [3.05, 3.63) is 105 Å². The molecule has 9 nitrogen and oxygen atoms in total. The summed E-state index contributed by atoms with van der Waals surface area (Å²) in [6.07, 6.45) is 1.98. The Labute approximate surface area is 279 Å². The van der Waals surface area contributed by atoms with Crippen molar-refractivity contribution in [2.24, 2.45) is 5.73 Å². The molecule has 3 N–H and O–H groups in total. The lowest BCUT2D eigenvalue weighted by Gasteiger charge is -2.23. The fraction of sp³-hybridized carbons (Fsp3) is 0.257. The van der Waals surface area contributed by atoms with Crippen LogP contribution in [0, 0.1) is 12.7 Å². The van der Waals surface area contributed by atoms with Gasteiger partial charge < -0.3 is 24.9 Å². The van der Waals surface area contributed by atoms with Crippen molar-refractivity contribution >= 4 is 46.1 Å². The number of primary amides is 1. The smallest absolute Gasteiger partial charge is 0.251 e. The first kappa shape index (κ1) is 31.0. The number of rotatable bonds is 9. The van der Waals surface area contributed by atoms with Crippen molar-refractivity contribution in [3.63, 3.8) is 0 Å². The van der Waals surface area contributed by atoms with Crippen LogP contribution in [0.2, 0.25) is 10.0 Å². The fourth-order valence-electron chi connectivity index (χ4n) is 5.75. The number of nitrogens with two attached hydrogens (primary N) is 1. The van der Waals surface area contributed by atoms with Gasteiger partial charge in [-0.2, -0.15) is 0 Å². The predicted molar refractivity (Wildman–Crippen MR) is 175 cm³/mol. The number of nitrogens with zero attached hydrogens (tertiary/aromatic N) is 2. The largest absolute Gasteiger partial charge is 0.489 e. The molecule has 3 heterocycles. The van der Waals surface area contributed by atoms with E-state index in [1.807, 2.05) is 30.3 Å². The average molecular weight is 676 g/mol. The molecule has 0 saturated heterocycles. The maximum Gasteiger partial charge on any atom is 0.251 e. The molecule has 2 amide bonds. The molecular weight excluding hydrogens is 646 g/mol. The second kappa shape index (κ2) is 11.8. The summed E-state index contributed by atoms with van der Waals surface area (Å²) in [5.74, 6) is -0.876. The second-order valence-corrected chi connectivity index (χ2v) is 12.8. The number of benzene rings is 3. The van der Waals surface area contributed by atoms with Gasteiger partial charge in [0.15, 0.2) is 17.0 Å². The Kier molecular flexibility index (Phi) is 7.80. The van der Waals surface area contributed by atoms with Crippen LogP contribution in [0.1, 0.15) is 58.8 Å². The summed E-state index contributed by atoms with van der Waals surface area (Å²) in [5.41, 5.74) is 8.50. The average Bonchev–Trinajstić information content (AvgIpc) is 3.69. The number of ether oxygens (including phenoxy) is 2. The SMILES string of the molecule is Cc1nc2c(OC3CC3)cc(C(=O)NC[C@@H](c3ccccc3)c3cc4c(c(-c5ccc(F)c(Cl)c5Cl)n3)OC[C@]4(C)C(N)=O)cc2o1. The van der Waals surface area contributed by atoms with E-state index < -0.39 is 23.1 Å². The number of pyridine rings is 1. The van der Waals surface area contributed by atoms with E-state index in [2.05, 4.69) is 10.3 Å². The molecule has 47 heavy (non-hydrogen) atoms. The highest BCUT2D eigenvalue weighted by Gasteiger charge is 2.44. The van der Waals surface area contributed by atoms with Gasteiger partial charge >= 0.3 is 0 Å². The standard InChI is InChI=1S/C35H29Cl2FN4O5/c1-17-41-31-26(46-17)12-19(13-27(31)47-20-8-9-20)33(43)40-15-22(18-6-4-3-5-7-18)25-14-23-32(45-16-35(23,2)34(39)44)30(42-25)21-10-11-24(38)29(37)28(21)36/h3-7,10-14,20,22H,8-9,15-16H2,1-2H3,(H2,39,44)(H,40,43)/t22-,35-/m0/s1. The number of hydrogen-bond donors (Lipinski definition) is 2. The molecule has 7 rings (SSSR count). The summed E-state index contributed by atoms with van der Waals surface area (Å²) >= 11 is 12.7. The maximum atomic E-state index is 14.3. The Morgan fingerprint density at radius 2 is 1.87 bits per heavy atom. The lowest BCUT2D eigenvalue weighted by atomic mass is 9.81. The molecule has 1 aliphatic carbocycles. The van der Waals surface area contributed by atoms with Gasteiger partial charge in [-0.05, 0) is 55.7 Å². The van der Waals surface area contributed by atoms with E-state index in [4.69, 9.17) is 47.8 Å². The van der Waals surface area contributed by atoms with Gasteiger partial charge in [0, 0.05) is 36.1 Å². The molecule has 1 aliphatic heterocycles. The van der Waals surface area contributed by atoms with Crippen molar-refractivity contribution in [3.8, 4) is 22.8 Å². The summed E-state index contributed by atoms with van der Waals surface area (Å²) in [5, 5.41) is 2.72. The number of carbonyl (C=O) groups excluding carboxylic acids is 2. The minimum Gasteiger partial charge on any atom is -0.489 e. The number of oxazole rings is 1. The summed E-state index contributed by atoms with van der Waals surface area (Å²) in [4.78, 5) is 35.9. The summed E-state index contributed by atoms with van der Waals surface area (Å²) in [6, 6.07) is 17.2. The molecule has 1 saturated carbocycles. The molecule has 0 spiro atoms. The number of amides is 2. The van der Waals surface area contributed by atoms with Gasteiger partial charge in [0.25, 0.3) is 5.91 Å². The lowest BCUT2D eigenvalue weighted by Crippen LogP contribution is -2.40. The summed E-state index contributed by atoms with van der Waals surface area (Å²) in [6.45, 7) is 3.52. The van der Waals surface area contributed by atoms with Crippen LogP contribution >= 0.6 is 23.2 Å². The predicted octanol–water partition coefficient (Wildman–Crippen LogP) is 6.88. The van der Waals surface area contributed by atoms with Crippen LogP contribution in [0.25, 0.3) is 22.4 Å². The molecule has 12 heteroatoms. The molecule has 2 aliphatic rings. The third-order valence-corrected chi connectivity index (χ3v) is 9.46. The number of hydrogen-bond acceptors (Lipinski definition) is 7. The Bertz CT molecular complexity index is 2070. The Morgan fingerprint density at radius 1 is 1.11 bits per heavy atom. The third kappa shape index (κ3) is 5.65. The van der Waals surface area contributed by atoms with Gasteiger partial charge in [0.05, 0.1) is 21.8 Å². The van der Waals surface area contributed by atoms with Crippen molar-refractivity contribution in [1.29, 1.82) is 0 Å². The van der Waals surface area contributed by atoms with Gasteiger partial charge in [-0.15, -0.1) is 0 Å². The molecule has 2 aromatic heterocycles. The van der Waals surface area contributed by atoms with Crippen LogP contribution < -0.4 is 20.5 Å². The number of nitrogens with one attached hydrogen (secondary N) is 1. The number of aromatic nitrogens is 2. The van der Waals surface area contributed by atoms with Gasteiger partial charge in [0.2, 0.25) is 5.91 Å². The zero-order valence-electron chi connectivity index (χ0n) is 25.4. The van der Waals surface area contributed by atoms with Gasteiger partial charge in [0.1, 0.15) is 35.0 Å². The minimum absolute atomic E-state index is 0.0239. The van der Waals surface area contributed by atoms with Crippen LogP contribution in [0.5, 0.6) is 11.5 Å². The highest BCUT2D eigenvalue weighted by molar-refractivity contribution is 6.43. The van der Waals surface area contributed by atoms with E-state index >= 15 is 0 Å². The first-order valence-electron chi connectivity index (χ1n) is 15.1. The molecular formula is C35H29Cl2FN4O5. The van der Waals surface area contributed by atoms with Crippen molar-refractivity contribution in [2.75, 3.05) is 13.2 Å². The van der Waals surface area contributed by atoms with Crippen molar-refractivity contribution in [2.45, 2.75) is 44.1 Å². The normalized spacial score (nSPS) is 17.6. The van der Waals surface area contributed by atoms with E-state index in [0.717, 1.165) is 18.4 Å². The van der Waals surface area contributed by atoms with E-state index in [1.54, 1.807) is 32.0 Å². The van der Waals surface area contributed by atoms with Crippen LogP contribution in [-0.2, 0) is 10.2 Å². The van der Waals surface area contributed by atoms with Gasteiger partial charge in [-0.25, -0.2) is 14.4 Å². The Balaban J connectivity index is 1.30. The van der Waals surface area contributed by atoms with E-state index in [9.17, 15) is 14.0 Å². The molecule has 5 aromatic rings. The van der Waals surface area contributed by atoms with Crippen LogP contribution in [0.3, 0.4) is 0 Å². The van der Waals surface area contributed by atoms with Crippen LogP contribution in [0.4, 0.5) is 4.39 Å². The molecule has 2 atom stereocenters. The number of aryl methyl sites for hydroxylation is 1. The quantitative estimate of drug-likeness (QED) is 0.163. The number of halogens is 3. The Morgan fingerprint density at radius 3 is 2.60 bits per heavy atom. The first-order chi connectivity index (χ1) is 22.5. The fourth-order valence-corrected chi connectivity index (χ4v) is 6.16. The maximum absolute atomic E-state index is 14.3. The third-order valence-electron chi connectivity index (χ3n) is 8.60. The van der Waals surface area contributed by atoms with E-state index in [-0.39, 0.29) is 40.9 Å². The molecule has 0 radical (unpaired) electrons. The van der Waals surface area contributed by atoms with E-state index in [1.165, 1.54) is 12.1 Å². The summed E-state index contributed by atoms with van der Waals surface area (Å²) < 4.78 is 32.1. The van der Waals surface area contributed by atoms with E-state index in [0.29, 0.717) is 50.9 Å². The van der Waals surface area contributed by atoms with Crippen molar-refractivity contribution in [1.82, 2.24) is 15.3 Å². The Hall–Kier alpha value is -4.67.